The van der Waals surface area contributed by atoms with E-state index in [1.165, 1.54) is 0 Å². The first-order valence-corrected chi connectivity index (χ1v) is 10.7. The van der Waals surface area contributed by atoms with Crippen molar-refractivity contribution in [1.82, 2.24) is 15.1 Å². The maximum absolute atomic E-state index is 13.0. The topological polar surface area (TPSA) is 79.0 Å². The van der Waals surface area contributed by atoms with Gasteiger partial charge in [0.05, 0.1) is 5.41 Å². The van der Waals surface area contributed by atoms with E-state index < -0.39 is 11.5 Å². The fraction of sp³-hybridized carbons (Fsp3) is 0.609. The zero-order valence-corrected chi connectivity index (χ0v) is 18.5. The number of nitrogens with zero attached hydrogens (tertiary/aromatic N) is 2. The van der Waals surface area contributed by atoms with Gasteiger partial charge in [0, 0.05) is 46.0 Å². The molecule has 3 amide bonds. The number of piperidine rings is 1. The molecule has 7 nitrogen and oxygen atoms in total. The Morgan fingerprint density at radius 3 is 2.57 bits per heavy atom. The van der Waals surface area contributed by atoms with Gasteiger partial charge in [0.2, 0.25) is 11.8 Å². The van der Waals surface area contributed by atoms with Crippen molar-refractivity contribution in [2.45, 2.75) is 45.6 Å². The zero-order chi connectivity index (χ0) is 21.9. The highest BCUT2D eigenvalue weighted by Gasteiger charge is 2.53. The lowest BCUT2D eigenvalue weighted by molar-refractivity contribution is -0.139. The second-order valence-electron chi connectivity index (χ2n) is 8.66. The minimum Gasteiger partial charge on any atom is -0.385 e. The summed E-state index contributed by atoms with van der Waals surface area (Å²) in [5.41, 5.74) is 2.29. The summed E-state index contributed by atoms with van der Waals surface area (Å²) < 4.78 is 5.00. The molecule has 1 atom stereocenters. The third kappa shape index (κ3) is 4.36. The van der Waals surface area contributed by atoms with Crippen molar-refractivity contribution >= 4 is 17.7 Å². The molecule has 1 N–H and O–H groups in total. The fourth-order valence-electron chi connectivity index (χ4n) is 4.70. The summed E-state index contributed by atoms with van der Waals surface area (Å²) in [7, 11) is 3.34. The number of rotatable bonds is 6. The normalized spacial score (nSPS) is 20.7. The molecule has 1 spiro atoms. The van der Waals surface area contributed by atoms with Crippen molar-refractivity contribution in [3.63, 3.8) is 0 Å². The number of nitrogens with one attached hydrogen (secondary N) is 1. The van der Waals surface area contributed by atoms with Crippen LogP contribution in [0.2, 0.25) is 0 Å². The molecule has 2 saturated heterocycles. The molecule has 1 aromatic rings. The third-order valence-corrected chi connectivity index (χ3v) is 6.57. The van der Waals surface area contributed by atoms with Crippen molar-refractivity contribution in [2.24, 2.45) is 5.41 Å². The molecule has 0 saturated carbocycles. The first-order chi connectivity index (χ1) is 14.3. The van der Waals surface area contributed by atoms with Gasteiger partial charge in [0.25, 0.3) is 5.91 Å². The molecule has 2 aliphatic rings. The number of hydrogen-bond acceptors (Lipinski definition) is 4. The van der Waals surface area contributed by atoms with Crippen molar-refractivity contribution in [3.8, 4) is 0 Å². The highest BCUT2D eigenvalue weighted by molar-refractivity contribution is 5.97. The maximum atomic E-state index is 13.0. The van der Waals surface area contributed by atoms with Crippen molar-refractivity contribution in [3.05, 3.63) is 34.9 Å². The lowest BCUT2D eigenvalue weighted by Gasteiger charge is -2.38. The summed E-state index contributed by atoms with van der Waals surface area (Å²) in [6.07, 6.45) is 2.46. The van der Waals surface area contributed by atoms with Crippen LogP contribution < -0.4 is 5.32 Å². The van der Waals surface area contributed by atoms with Crippen LogP contribution in [0.1, 0.15) is 47.2 Å². The highest BCUT2D eigenvalue weighted by atomic mass is 16.5. The Balaban J connectivity index is 1.62. The highest BCUT2D eigenvalue weighted by Crippen LogP contribution is 2.44. The van der Waals surface area contributed by atoms with Gasteiger partial charge in [-0.25, -0.2) is 0 Å². The molecule has 0 aromatic heterocycles. The van der Waals surface area contributed by atoms with Crippen LogP contribution in [-0.2, 0) is 14.3 Å². The van der Waals surface area contributed by atoms with Crippen LogP contribution in [0.5, 0.6) is 0 Å². The maximum Gasteiger partial charge on any atom is 0.254 e. The van der Waals surface area contributed by atoms with Gasteiger partial charge >= 0.3 is 0 Å². The third-order valence-electron chi connectivity index (χ3n) is 6.57. The molecule has 2 fully saturated rings. The molecule has 2 aliphatic heterocycles. The molecule has 7 heteroatoms. The van der Waals surface area contributed by atoms with Gasteiger partial charge in [-0.3, -0.25) is 14.4 Å². The summed E-state index contributed by atoms with van der Waals surface area (Å²) >= 11 is 0. The Kier molecular flexibility index (Phi) is 6.81. The molecule has 1 aromatic carbocycles. The number of ether oxygens (including phenoxy) is 1. The van der Waals surface area contributed by atoms with Gasteiger partial charge in [-0.05, 0) is 51.2 Å². The van der Waals surface area contributed by atoms with E-state index in [1.54, 1.807) is 19.1 Å². The number of benzene rings is 1. The minimum atomic E-state index is -0.539. The quantitative estimate of drug-likeness (QED) is 0.720. The summed E-state index contributed by atoms with van der Waals surface area (Å²) in [6, 6.07) is 5.41. The van der Waals surface area contributed by atoms with Crippen LogP contribution in [-0.4, -0.2) is 74.0 Å². The molecule has 3 rings (SSSR count). The zero-order valence-electron chi connectivity index (χ0n) is 18.5. The van der Waals surface area contributed by atoms with Gasteiger partial charge in [0.1, 0.15) is 6.04 Å². The van der Waals surface area contributed by atoms with Crippen LogP contribution in [0.15, 0.2) is 18.2 Å². The number of carbonyl (C=O) groups is 3. The van der Waals surface area contributed by atoms with Gasteiger partial charge in [-0.2, -0.15) is 0 Å². The molecular formula is C23H33N3O4. The van der Waals surface area contributed by atoms with Crippen LogP contribution in [0, 0.1) is 19.3 Å². The summed E-state index contributed by atoms with van der Waals surface area (Å²) in [6.45, 7) is 6.17. The number of likely N-dealkylation sites (tertiary alicyclic amines) is 2. The number of hydrogen-bond donors (Lipinski definition) is 1. The first-order valence-electron chi connectivity index (χ1n) is 10.7. The largest absolute Gasteiger partial charge is 0.385 e. The number of aryl methyl sites for hydroxylation is 2. The monoisotopic (exact) mass is 415 g/mol. The van der Waals surface area contributed by atoms with Gasteiger partial charge in [-0.15, -0.1) is 0 Å². The average molecular weight is 416 g/mol. The molecule has 0 radical (unpaired) electrons. The number of carbonyl (C=O) groups excluding carboxylic acids is 3. The van der Waals surface area contributed by atoms with E-state index in [9.17, 15) is 14.4 Å². The van der Waals surface area contributed by atoms with Crippen molar-refractivity contribution in [1.29, 1.82) is 0 Å². The standard InChI is InChI=1S/C23H33N3O4/c1-16-6-7-18(17(2)14-16)21(28)26-11-8-23(9-12-26)15-19(25(3)22(23)29)20(27)24-10-5-13-30-4/h6-7,14,19H,5,8-13,15H2,1-4H3,(H,24,27)/t19-/m0/s1. The Morgan fingerprint density at radius 1 is 1.23 bits per heavy atom. The smallest absolute Gasteiger partial charge is 0.254 e. The summed E-state index contributed by atoms with van der Waals surface area (Å²) in [4.78, 5) is 42.0. The first kappa shape index (κ1) is 22.3. The summed E-state index contributed by atoms with van der Waals surface area (Å²) in [5.74, 6) is -0.0562. The van der Waals surface area contributed by atoms with E-state index in [4.69, 9.17) is 4.74 Å². The molecule has 0 unspecified atom stereocenters. The summed E-state index contributed by atoms with van der Waals surface area (Å²) in [5, 5.41) is 2.91. The SMILES string of the molecule is COCCCNC(=O)[C@@H]1CC2(CCN(C(=O)c3ccc(C)cc3C)CC2)C(=O)N1C. The minimum absolute atomic E-state index is 0.0218. The van der Waals surface area contributed by atoms with Gasteiger partial charge < -0.3 is 19.9 Å². The van der Waals surface area contributed by atoms with Gasteiger partial charge in [-0.1, -0.05) is 17.7 Å². The molecule has 0 bridgehead atoms. The Labute approximate surface area is 178 Å². The molecule has 30 heavy (non-hydrogen) atoms. The van der Waals surface area contributed by atoms with E-state index in [1.807, 2.05) is 36.9 Å². The van der Waals surface area contributed by atoms with E-state index in [2.05, 4.69) is 5.32 Å². The number of likely N-dealkylation sites (N-methyl/N-ethyl adjacent to an activating group) is 1. The lowest BCUT2D eigenvalue weighted by Crippen LogP contribution is -2.46. The fourth-order valence-corrected chi connectivity index (χ4v) is 4.70. The Bertz CT molecular complexity index is 815. The average Bonchev–Trinajstić information content (AvgIpc) is 2.96. The van der Waals surface area contributed by atoms with Crippen LogP contribution in [0.3, 0.4) is 0 Å². The predicted octanol–water partition coefficient (Wildman–Crippen LogP) is 1.91. The van der Waals surface area contributed by atoms with E-state index in [0.29, 0.717) is 45.5 Å². The lowest BCUT2D eigenvalue weighted by atomic mass is 9.75. The van der Waals surface area contributed by atoms with Gasteiger partial charge in [0.15, 0.2) is 0 Å². The van der Waals surface area contributed by atoms with Crippen molar-refractivity contribution < 1.29 is 19.1 Å². The van der Waals surface area contributed by atoms with E-state index in [-0.39, 0.29) is 17.7 Å². The van der Waals surface area contributed by atoms with Crippen LogP contribution in [0.4, 0.5) is 0 Å². The van der Waals surface area contributed by atoms with Crippen molar-refractivity contribution in [2.75, 3.05) is 40.4 Å². The molecule has 164 valence electrons. The Hall–Kier alpha value is -2.41. The van der Waals surface area contributed by atoms with Crippen LogP contribution in [0.25, 0.3) is 0 Å². The predicted molar refractivity (Wildman–Crippen MR) is 114 cm³/mol. The molecular weight excluding hydrogens is 382 g/mol. The van der Waals surface area contributed by atoms with E-state index in [0.717, 1.165) is 23.1 Å². The second kappa shape index (κ2) is 9.16. The van der Waals surface area contributed by atoms with Crippen LogP contribution >= 0.6 is 0 Å². The molecule has 0 aliphatic carbocycles. The van der Waals surface area contributed by atoms with E-state index >= 15 is 0 Å². The number of methoxy groups -OCH3 is 1. The number of amides is 3. The Morgan fingerprint density at radius 2 is 1.93 bits per heavy atom. The second-order valence-corrected chi connectivity index (χ2v) is 8.66. The molecule has 2 heterocycles.